The van der Waals surface area contributed by atoms with E-state index >= 15 is 0 Å². The van der Waals surface area contributed by atoms with Crippen molar-refractivity contribution in [2.24, 2.45) is 0 Å². The third-order valence-electron chi connectivity index (χ3n) is 3.46. The van der Waals surface area contributed by atoms with Crippen LogP contribution in [0.1, 0.15) is 11.1 Å². The molecule has 23 heavy (non-hydrogen) atoms. The first-order chi connectivity index (χ1) is 11.1. The molecule has 0 aliphatic rings. The zero-order valence-corrected chi connectivity index (χ0v) is 13.8. The van der Waals surface area contributed by atoms with E-state index in [0.29, 0.717) is 22.3 Å². The second-order valence-corrected chi connectivity index (χ2v) is 6.22. The van der Waals surface area contributed by atoms with E-state index in [1.54, 1.807) is 0 Å². The van der Waals surface area contributed by atoms with E-state index in [4.69, 9.17) is 10.5 Å². The third-order valence-corrected chi connectivity index (χ3v) is 4.49. The molecular weight excluding hydrogens is 306 g/mol. The first-order valence-electron chi connectivity index (χ1n) is 7.22. The van der Waals surface area contributed by atoms with Gasteiger partial charge in [0.15, 0.2) is 0 Å². The van der Waals surface area contributed by atoms with Gasteiger partial charge in [-0.15, -0.1) is 0 Å². The summed E-state index contributed by atoms with van der Waals surface area (Å²) in [5, 5.41) is 0.685. The van der Waals surface area contributed by atoms with Crippen molar-refractivity contribution < 1.29 is 4.74 Å². The molecule has 4 nitrogen and oxygen atoms in total. The number of benzene rings is 2. The normalized spacial score (nSPS) is 10.5. The van der Waals surface area contributed by atoms with Gasteiger partial charge in [-0.25, -0.2) is 4.98 Å². The van der Waals surface area contributed by atoms with Crippen LogP contribution in [-0.2, 0) is 0 Å². The molecule has 116 valence electrons. The van der Waals surface area contributed by atoms with Gasteiger partial charge in [-0.1, -0.05) is 36.0 Å². The first kappa shape index (κ1) is 15.4. The Morgan fingerprint density at radius 1 is 0.957 bits per heavy atom. The highest BCUT2D eigenvalue weighted by molar-refractivity contribution is 7.99. The largest absolute Gasteiger partial charge is 0.437 e. The van der Waals surface area contributed by atoms with Crippen LogP contribution >= 0.6 is 11.8 Å². The maximum Gasteiger partial charge on any atom is 0.247 e. The van der Waals surface area contributed by atoms with Crippen LogP contribution < -0.4 is 10.5 Å². The molecule has 0 aliphatic heterocycles. The van der Waals surface area contributed by atoms with Gasteiger partial charge in [-0.2, -0.15) is 4.98 Å². The molecule has 2 N–H and O–H groups in total. The van der Waals surface area contributed by atoms with Crippen molar-refractivity contribution in [2.75, 3.05) is 5.73 Å². The van der Waals surface area contributed by atoms with E-state index in [9.17, 15) is 0 Å². The number of nitrogen functional groups attached to an aromatic ring is 1. The number of hydrogen-bond donors (Lipinski definition) is 1. The molecule has 0 atom stereocenters. The summed E-state index contributed by atoms with van der Waals surface area (Å²) in [5.41, 5.74) is 9.00. The molecule has 3 aromatic rings. The molecule has 0 aliphatic carbocycles. The predicted molar refractivity (Wildman–Crippen MR) is 93.0 cm³/mol. The number of anilines is 1. The van der Waals surface area contributed by atoms with Crippen molar-refractivity contribution in [3.63, 3.8) is 0 Å². The van der Waals surface area contributed by atoms with Crippen LogP contribution in [0.25, 0.3) is 0 Å². The summed E-state index contributed by atoms with van der Waals surface area (Å²) in [6.45, 7) is 4.11. The van der Waals surface area contributed by atoms with Crippen molar-refractivity contribution >= 4 is 17.4 Å². The van der Waals surface area contributed by atoms with Crippen LogP contribution in [0.4, 0.5) is 5.69 Å². The number of aryl methyl sites for hydroxylation is 2. The van der Waals surface area contributed by atoms with Crippen molar-refractivity contribution in [1.29, 1.82) is 0 Å². The van der Waals surface area contributed by atoms with E-state index < -0.39 is 0 Å². The van der Waals surface area contributed by atoms with Crippen molar-refractivity contribution in [3.8, 4) is 11.6 Å². The highest BCUT2D eigenvalue weighted by atomic mass is 32.2. The maximum absolute atomic E-state index is 6.18. The maximum atomic E-state index is 6.18. The molecule has 0 saturated heterocycles. The van der Waals surface area contributed by atoms with Gasteiger partial charge < -0.3 is 10.5 Å². The highest BCUT2D eigenvalue weighted by Gasteiger charge is 2.12. The SMILES string of the molecule is Cc1ccc(Oc2ncnc(Sc3ccccc3)c2N)cc1C. The molecule has 3 rings (SSSR count). The Kier molecular flexibility index (Phi) is 4.48. The molecule has 0 unspecified atom stereocenters. The Hall–Kier alpha value is -2.53. The number of rotatable bonds is 4. The van der Waals surface area contributed by atoms with E-state index in [1.165, 1.54) is 23.7 Å². The van der Waals surface area contributed by atoms with Gasteiger partial charge in [-0.3, -0.25) is 0 Å². The fraction of sp³-hybridized carbons (Fsp3) is 0.111. The average Bonchev–Trinajstić information content (AvgIpc) is 2.56. The van der Waals surface area contributed by atoms with Crippen molar-refractivity contribution in [2.45, 2.75) is 23.8 Å². The fourth-order valence-electron chi connectivity index (χ4n) is 2.02. The first-order valence-corrected chi connectivity index (χ1v) is 8.03. The molecule has 0 amide bonds. The van der Waals surface area contributed by atoms with Crippen LogP contribution in [-0.4, -0.2) is 9.97 Å². The van der Waals surface area contributed by atoms with Crippen molar-refractivity contribution in [3.05, 3.63) is 66.0 Å². The summed E-state index contributed by atoms with van der Waals surface area (Å²) in [7, 11) is 0. The summed E-state index contributed by atoms with van der Waals surface area (Å²) in [5.74, 6) is 1.09. The molecule has 1 heterocycles. The number of aromatic nitrogens is 2. The lowest BCUT2D eigenvalue weighted by Gasteiger charge is -2.11. The van der Waals surface area contributed by atoms with Gasteiger partial charge in [0.1, 0.15) is 22.8 Å². The Morgan fingerprint density at radius 2 is 1.74 bits per heavy atom. The lowest BCUT2D eigenvalue weighted by Crippen LogP contribution is -1.99. The molecule has 0 radical (unpaired) electrons. The number of nitrogens with zero attached hydrogens (tertiary/aromatic N) is 2. The lowest BCUT2D eigenvalue weighted by atomic mass is 10.1. The van der Waals surface area contributed by atoms with Crippen LogP contribution in [0.2, 0.25) is 0 Å². The van der Waals surface area contributed by atoms with Crippen LogP contribution in [0.15, 0.2) is 64.8 Å². The van der Waals surface area contributed by atoms with E-state index in [1.807, 2.05) is 55.5 Å². The summed E-state index contributed by atoms with van der Waals surface area (Å²) in [4.78, 5) is 9.48. The van der Waals surface area contributed by atoms with Crippen LogP contribution in [0.5, 0.6) is 11.6 Å². The second kappa shape index (κ2) is 6.71. The van der Waals surface area contributed by atoms with Gasteiger partial charge >= 0.3 is 0 Å². The topological polar surface area (TPSA) is 61.0 Å². The Balaban J connectivity index is 1.86. The smallest absolute Gasteiger partial charge is 0.247 e. The summed E-state index contributed by atoms with van der Waals surface area (Å²) < 4.78 is 5.83. The van der Waals surface area contributed by atoms with Gasteiger partial charge in [0, 0.05) is 4.90 Å². The van der Waals surface area contributed by atoms with E-state index in [0.717, 1.165) is 10.5 Å². The molecule has 0 saturated carbocycles. The zero-order chi connectivity index (χ0) is 16.2. The van der Waals surface area contributed by atoms with Gasteiger partial charge in [0.05, 0.1) is 0 Å². The number of nitrogens with two attached hydrogens (primary N) is 1. The molecule has 0 spiro atoms. The van der Waals surface area contributed by atoms with Crippen molar-refractivity contribution in [1.82, 2.24) is 9.97 Å². The average molecular weight is 323 g/mol. The minimum absolute atomic E-state index is 0.377. The fourth-order valence-corrected chi connectivity index (χ4v) is 2.83. The number of hydrogen-bond acceptors (Lipinski definition) is 5. The summed E-state index contributed by atoms with van der Waals surface area (Å²) in [6, 6.07) is 15.8. The highest BCUT2D eigenvalue weighted by Crippen LogP contribution is 2.35. The third kappa shape index (κ3) is 3.63. The minimum Gasteiger partial charge on any atom is -0.437 e. The standard InChI is InChI=1S/C18H17N3OS/c1-12-8-9-14(10-13(12)2)22-17-16(19)18(21-11-20-17)23-15-6-4-3-5-7-15/h3-11H,19H2,1-2H3. The lowest BCUT2D eigenvalue weighted by molar-refractivity contribution is 0.461. The monoisotopic (exact) mass is 323 g/mol. The zero-order valence-electron chi connectivity index (χ0n) is 13.0. The molecule has 0 fully saturated rings. The second-order valence-electron chi connectivity index (χ2n) is 5.16. The molecule has 1 aromatic heterocycles. The molecule has 2 aromatic carbocycles. The van der Waals surface area contributed by atoms with Gasteiger partial charge in [-0.05, 0) is 49.2 Å². The van der Waals surface area contributed by atoms with Crippen LogP contribution in [0.3, 0.4) is 0 Å². The van der Waals surface area contributed by atoms with E-state index in [-0.39, 0.29) is 0 Å². The van der Waals surface area contributed by atoms with Crippen LogP contribution in [0, 0.1) is 13.8 Å². The van der Waals surface area contributed by atoms with E-state index in [2.05, 4.69) is 16.9 Å². The Morgan fingerprint density at radius 3 is 2.48 bits per heavy atom. The predicted octanol–water partition coefficient (Wildman–Crippen LogP) is 4.62. The summed E-state index contributed by atoms with van der Waals surface area (Å²) in [6.07, 6.45) is 1.47. The Bertz CT molecular complexity index is 822. The van der Waals surface area contributed by atoms with Gasteiger partial charge in [0.2, 0.25) is 5.88 Å². The molecule has 0 bridgehead atoms. The molecule has 5 heteroatoms. The number of ether oxygens (including phenoxy) is 1. The minimum atomic E-state index is 0.377. The summed E-state index contributed by atoms with van der Waals surface area (Å²) >= 11 is 1.49. The quantitative estimate of drug-likeness (QED) is 0.710. The van der Waals surface area contributed by atoms with Gasteiger partial charge in [0.25, 0.3) is 0 Å². The Labute approximate surface area is 139 Å². The molecular formula is C18H17N3OS.